The van der Waals surface area contributed by atoms with Crippen LogP contribution in [0.2, 0.25) is 0 Å². The molecular weight excluding hydrogens is 810 g/mol. The molecular formula is C35H20F10N12O2. The quantitative estimate of drug-likeness (QED) is 0.106. The van der Waals surface area contributed by atoms with Crippen molar-refractivity contribution in [3.05, 3.63) is 120 Å². The van der Waals surface area contributed by atoms with Crippen LogP contribution in [0.15, 0.2) is 106 Å². The maximum atomic E-state index is 14.0. The Balaban J connectivity index is 0.000000180. The predicted octanol–water partition coefficient (Wildman–Crippen LogP) is 10.2. The molecule has 0 saturated heterocycles. The number of halogens is 10. The van der Waals surface area contributed by atoms with Crippen LogP contribution in [0, 0.1) is 5.82 Å². The fourth-order valence-electron chi connectivity index (χ4n) is 4.98. The standard InChI is InChI=1S/C18H10F6N6O.C17H10F4N6O/c19-17(20,21)9-4-6-11(7-5-9)25-13-14(28-16-15(27-13)29-31-30-16)26-12-3-1-2-10(8-12)18(22,23)24;18-11-3-1-2-4-12(11)23-14-13(24-15-16(25-14)27-28-26-15)22-10-7-5-9(6-8-10)17(19,20)21/h1-8H,(H,25,27,29)(H,26,28,30);1-8H,(H,22,24,26)(H,23,25,27). The number of nitrogens with zero attached hydrogens (tertiary/aromatic N) is 8. The summed E-state index contributed by atoms with van der Waals surface area (Å²) >= 11 is 0. The van der Waals surface area contributed by atoms with E-state index in [0.29, 0.717) is 5.69 Å². The molecule has 14 nitrogen and oxygen atoms in total. The number of fused-ring (bicyclic) bond motifs is 2. The first-order valence-corrected chi connectivity index (χ1v) is 16.3. The Hall–Kier alpha value is -7.66. The van der Waals surface area contributed by atoms with Gasteiger partial charge < -0.3 is 21.3 Å². The highest BCUT2D eigenvalue weighted by atomic mass is 19.4. The van der Waals surface area contributed by atoms with Crippen LogP contribution in [0.5, 0.6) is 0 Å². The number of anilines is 8. The summed E-state index contributed by atoms with van der Waals surface area (Å²) in [5, 5.41) is 25.3. The SMILES string of the molecule is FC(F)(F)c1ccc(Nc2nc3nonc3nc2Nc2cccc(C(F)(F)F)c2)cc1.Fc1ccccc1Nc1nc2nonc2nc1Nc1ccc(C(F)(F)F)cc1. The van der Waals surface area contributed by atoms with Crippen molar-refractivity contribution in [3.8, 4) is 0 Å². The van der Waals surface area contributed by atoms with Crippen molar-refractivity contribution < 1.29 is 53.2 Å². The molecule has 0 radical (unpaired) electrons. The molecule has 4 aromatic heterocycles. The first kappa shape index (κ1) is 39.6. The summed E-state index contributed by atoms with van der Waals surface area (Å²) in [6.07, 6.45) is -13.5. The Kier molecular flexibility index (Phi) is 10.5. The van der Waals surface area contributed by atoms with Crippen LogP contribution in [-0.2, 0) is 18.5 Å². The molecule has 0 unspecified atom stereocenters. The van der Waals surface area contributed by atoms with E-state index in [1.54, 1.807) is 6.07 Å². The normalized spacial score (nSPS) is 11.9. The minimum Gasteiger partial charge on any atom is -0.337 e. The summed E-state index contributed by atoms with van der Waals surface area (Å²) in [6.45, 7) is 0. The van der Waals surface area contributed by atoms with Crippen molar-refractivity contribution in [2.24, 2.45) is 0 Å². The van der Waals surface area contributed by atoms with E-state index >= 15 is 0 Å². The topological polar surface area (TPSA) is 178 Å². The molecule has 0 bridgehead atoms. The van der Waals surface area contributed by atoms with Crippen molar-refractivity contribution in [2.45, 2.75) is 18.5 Å². The number of hydrogen-bond donors (Lipinski definition) is 4. The number of aromatic nitrogens is 8. The number of nitrogens with one attached hydrogen (secondary N) is 4. The monoisotopic (exact) mass is 830 g/mol. The molecule has 0 amide bonds. The van der Waals surface area contributed by atoms with Gasteiger partial charge in [0.15, 0.2) is 23.3 Å². The Morgan fingerprint density at radius 3 is 1.19 bits per heavy atom. The van der Waals surface area contributed by atoms with Crippen LogP contribution in [-0.4, -0.2) is 40.6 Å². The summed E-state index contributed by atoms with van der Waals surface area (Å²) in [5.41, 5.74) is -1.67. The molecule has 4 heterocycles. The minimum atomic E-state index is -4.55. The Morgan fingerprint density at radius 2 is 0.780 bits per heavy atom. The molecule has 24 heteroatoms. The van der Waals surface area contributed by atoms with Crippen molar-refractivity contribution in [1.82, 2.24) is 40.6 Å². The molecule has 0 aliphatic rings. The van der Waals surface area contributed by atoms with E-state index in [0.717, 1.165) is 36.4 Å². The first-order chi connectivity index (χ1) is 28.0. The first-order valence-electron chi connectivity index (χ1n) is 16.3. The van der Waals surface area contributed by atoms with E-state index in [9.17, 15) is 43.9 Å². The molecule has 0 spiro atoms. The van der Waals surface area contributed by atoms with E-state index in [-0.39, 0.29) is 62.9 Å². The second kappa shape index (κ2) is 15.7. The lowest BCUT2D eigenvalue weighted by atomic mass is 10.2. The molecule has 0 aliphatic carbocycles. The van der Waals surface area contributed by atoms with Gasteiger partial charge in [0.05, 0.1) is 22.4 Å². The highest BCUT2D eigenvalue weighted by Crippen LogP contribution is 2.35. The largest absolute Gasteiger partial charge is 0.416 e. The summed E-state index contributed by atoms with van der Waals surface area (Å²) < 4.78 is 138. The lowest BCUT2D eigenvalue weighted by molar-refractivity contribution is -0.138. The van der Waals surface area contributed by atoms with E-state index in [1.165, 1.54) is 54.6 Å². The zero-order valence-electron chi connectivity index (χ0n) is 28.9. The van der Waals surface area contributed by atoms with Gasteiger partial charge in [0.1, 0.15) is 5.82 Å². The van der Waals surface area contributed by atoms with Gasteiger partial charge in [0.25, 0.3) is 0 Å². The van der Waals surface area contributed by atoms with E-state index in [4.69, 9.17) is 0 Å². The summed E-state index contributed by atoms with van der Waals surface area (Å²) in [6, 6.07) is 18.7. The Bertz CT molecular complexity index is 2720. The lowest BCUT2D eigenvalue weighted by Crippen LogP contribution is -2.07. The highest BCUT2D eigenvalue weighted by Gasteiger charge is 2.32. The molecule has 4 aromatic carbocycles. The molecule has 59 heavy (non-hydrogen) atoms. The van der Waals surface area contributed by atoms with Gasteiger partial charge in [-0.05, 0) is 99.5 Å². The van der Waals surface area contributed by atoms with Crippen LogP contribution in [0.4, 0.5) is 89.9 Å². The average molecular weight is 831 g/mol. The zero-order valence-corrected chi connectivity index (χ0v) is 28.9. The highest BCUT2D eigenvalue weighted by molar-refractivity contribution is 5.80. The maximum Gasteiger partial charge on any atom is 0.416 e. The molecule has 0 fully saturated rings. The van der Waals surface area contributed by atoms with Gasteiger partial charge in [-0.15, -0.1) is 0 Å². The summed E-state index contributed by atoms with van der Waals surface area (Å²) in [4.78, 5) is 16.6. The number of rotatable bonds is 8. The number of benzene rings is 4. The van der Waals surface area contributed by atoms with E-state index < -0.39 is 41.0 Å². The Morgan fingerprint density at radius 1 is 0.390 bits per heavy atom. The smallest absolute Gasteiger partial charge is 0.337 e. The second-order valence-corrected chi connectivity index (χ2v) is 11.9. The van der Waals surface area contributed by atoms with E-state index in [2.05, 4.69) is 71.1 Å². The molecule has 0 aliphatic heterocycles. The summed E-state index contributed by atoms with van der Waals surface area (Å²) in [5.74, 6) is -0.384. The molecule has 8 aromatic rings. The van der Waals surface area contributed by atoms with Crippen molar-refractivity contribution in [1.29, 1.82) is 0 Å². The van der Waals surface area contributed by atoms with Crippen molar-refractivity contribution in [3.63, 3.8) is 0 Å². The van der Waals surface area contributed by atoms with Crippen LogP contribution in [0.25, 0.3) is 22.6 Å². The summed E-state index contributed by atoms with van der Waals surface area (Å²) in [7, 11) is 0. The van der Waals surface area contributed by atoms with Crippen LogP contribution in [0.1, 0.15) is 16.7 Å². The predicted molar refractivity (Wildman–Crippen MR) is 189 cm³/mol. The van der Waals surface area contributed by atoms with Gasteiger partial charge in [-0.25, -0.2) is 33.6 Å². The molecule has 0 saturated carbocycles. The fourth-order valence-corrected chi connectivity index (χ4v) is 4.98. The van der Waals surface area contributed by atoms with Crippen LogP contribution < -0.4 is 21.3 Å². The van der Waals surface area contributed by atoms with Gasteiger partial charge in [-0.2, -0.15) is 39.5 Å². The Labute approximate surface area is 321 Å². The van der Waals surface area contributed by atoms with Gasteiger partial charge in [0, 0.05) is 17.1 Å². The van der Waals surface area contributed by atoms with E-state index in [1.807, 2.05) is 0 Å². The maximum absolute atomic E-state index is 14.0. The zero-order chi connectivity index (χ0) is 42.0. The van der Waals surface area contributed by atoms with Crippen LogP contribution >= 0.6 is 0 Å². The van der Waals surface area contributed by atoms with Gasteiger partial charge in [-0.3, -0.25) is 0 Å². The van der Waals surface area contributed by atoms with Crippen LogP contribution in [0.3, 0.4) is 0 Å². The number of hydrogen-bond acceptors (Lipinski definition) is 14. The minimum absolute atomic E-state index is 0.0102. The van der Waals surface area contributed by atoms with Gasteiger partial charge >= 0.3 is 18.5 Å². The number of alkyl halides is 9. The van der Waals surface area contributed by atoms with Crippen molar-refractivity contribution >= 4 is 68.6 Å². The van der Waals surface area contributed by atoms with Crippen molar-refractivity contribution in [2.75, 3.05) is 21.3 Å². The lowest BCUT2D eigenvalue weighted by Gasteiger charge is -2.14. The second-order valence-electron chi connectivity index (χ2n) is 11.9. The third kappa shape index (κ3) is 9.49. The van der Waals surface area contributed by atoms with Gasteiger partial charge in [0.2, 0.25) is 22.6 Å². The average Bonchev–Trinajstić information content (AvgIpc) is 3.84. The third-order valence-electron chi connectivity index (χ3n) is 7.76. The molecule has 302 valence electrons. The fraction of sp³-hybridized carbons (Fsp3) is 0.0857. The molecule has 4 N–H and O–H groups in total. The molecule has 0 atom stereocenters. The van der Waals surface area contributed by atoms with Gasteiger partial charge in [-0.1, -0.05) is 18.2 Å². The molecule has 8 rings (SSSR count). The third-order valence-corrected chi connectivity index (χ3v) is 7.76. The number of para-hydroxylation sites is 1.